The molecular formula is C25H56NOSi+. The second-order valence-electron chi connectivity index (χ2n) is 9.59. The van der Waals surface area contributed by atoms with Gasteiger partial charge in [-0.2, -0.15) is 0 Å². The highest BCUT2D eigenvalue weighted by atomic mass is 28.2. The van der Waals surface area contributed by atoms with Gasteiger partial charge >= 0.3 is 0 Å². The van der Waals surface area contributed by atoms with Crippen LogP contribution in [0.5, 0.6) is 0 Å². The van der Waals surface area contributed by atoms with E-state index in [0.717, 1.165) is 6.61 Å². The van der Waals surface area contributed by atoms with Crippen molar-refractivity contribution in [3.8, 4) is 0 Å². The number of quaternary nitrogens is 1. The molecule has 0 fully saturated rings. The van der Waals surface area contributed by atoms with Gasteiger partial charge in [0.05, 0.1) is 27.2 Å². The van der Waals surface area contributed by atoms with Crippen molar-refractivity contribution in [2.75, 3.05) is 33.8 Å². The van der Waals surface area contributed by atoms with Crippen LogP contribution < -0.4 is 0 Å². The Morgan fingerprint density at radius 2 is 0.929 bits per heavy atom. The van der Waals surface area contributed by atoms with Gasteiger partial charge in [0.2, 0.25) is 0 Å². The highest BCUT2D eigenvalue weighted by molar-refractivity contribution is 6.26. The van der Waals surface area contributed by atoms with Crippen LogP contribution in [0.3, 0.4) is 0 Å². The first-order chi connectivity index (χ1) is 13.6. The van der Waals surface area contributed by atoms with Crippen molar-refractivity contribution in [3.05, 3.63) is 0 Å². The summed E-state index contributed by atoms with van der Waals surface area (Å²) in [6, 6.07) is 1.36. The van der Waals surface area contributed by atoms with Crippen molar-refractivity contribution in [3.63, 3.8) is 0 Å². The van der Waals surface area contributed by atoms with Crippen LogP contribution in [0.15, 0.2) is 0 Å². The van der Waals surface area contributed by atoms with E-state index >= 15 is 0 Å². The highest BCUT2D eigenvalue weighted by Gasteiger charge is 2.13. The van der Waals surface area contributed by atoms with Gasteiger partial charge in [0, 0.05) is 6.61 Å². The van der Waals surface area contributed by atoms with Gasteiger partial charge in [-0.1, -0.05) is 96.8 Å². The van der Waals surface area contributed by atoms with Crippen LogP contribution in [-0.4, -0.2) is 48.0 Å². The third-order valence-electron chi connectivity index (χ3n) is 6.12. The predicted molar refractivity (Wildman–Crippen MR) is 131 cm³/mol. The lowest BCUT2D eigenvalue weighted by Crippen LogP contribution is -2.41. The third-order valence-corrected chi connectivity index (χ3v) is 7.61. The first-order valence-corrected chi connectivity index (χ1v) is 14.6. The third kappa shape index (κ3) is 22.4. The van der Waals surface area contributed by atoms with E-state index in [1.165, 1.54) is 133 Å². The summed E-state index contributed by atoms with van der Waals surface area (Å²) < 4.78 is 6.78. The topological polar surface area (TPSA) is 9.23 Å². The predicted octanol–water partition coefficient (Wildman–Crippen LogP) is 7.25. The van der Waals surface area contributed by atoms with Gasteiger partial charge in [0.15, 0.2) is 9.76 Å². The van der Waals surface area contributed by atoms with E-state index in [0.29, 0.717) is 0 Å². The molecule has 0 N–H and O–H groups in total. The smallest absolute Gasteiger partial charge is 0.161 e. The molecule has 0 rings (SSSR count). The van der Waals surface area contributed by atoms with Gasteiger partial charge in [-0.05, 0) is 32.2 Å². The van der Waals surface area contributed by atoms with Crippen LogP contribution in [0.4, 0.5) is 0 Å². The fourth-order valence-electron chi connectivity index (χ4n) is 4.09. The Morgan fingerprint density at radius 1 is 0.536 bits per heavy atom. The minimum Gasteiger partial charge on any atom is -0.424 e. The molecule has 0 aliphatic carbocycles. The Morgan fingerprint density at radius 3 is 1.36 bits per heavy atom. The van der Waals surface area contributed by atoms with E-state index in [1.54, 1.807) is 0 Å². The maximum absolute atomic E-state index is 5.57. The van der Waals surface area contributed by atoms with Crippen LogP contribution in [0.1, 0.15) is 123 Å². The number of rotatable bonds is 23. The Kier molecular flexibility index (Phi) is 21.9. The normalized spacial score (nSPS) is 12.4. The van der Waals surface area contributed by atoms with Crippen LogP contribution in [0.2, 0.25) is 6.04 Å². The van der Waals surface area contributed by atoms with Crippen molar-refractivity contribution in [2.45, 2.75) is 129 Å². The van der Waals surface area contributed by atoms with Crippen molar-refractivity contribution < 1.29 is 8.91 Å². The summed E-state index contributed by atoms with van der Waals surface area (Å²) in [4.78, 5) is 0. The second kappa shape index (κ2) is 21.8. The van der Waals surface area contributed by atoms with E-state index in [-0.39, 0.29) is 9.76 Å². The second-order valence-corrected chi connectivity index (χ2v) is 11.1. The molecule has 2 nitrogen and oxygen atoms in total. The molecule has 0 spiro atoms. The molecule has 0 amide bonds. The maximum atomic E-state index is 5.57. The molecule has 0 aromatic heterocycles. The van der Waals surface area contributed by atoms with E-state index < -0.39 is 0 Å². The summed E-state index contributed by atoms with van der Waals surface area (Å²) in [5, 5.41) is 0. The molecule has 0 bridgehead atoms. The van der Waals surface area contributed by atoms with Gasteiger partial charge in [0.25, 0.3) is 0 Å². The molecule has 28 heavy (non-hydrogen) atoms. The Labute approximate surface area is 181 Å². The molecule has 0 aromatic carbocycles. The Balaban J connectivity index is 3.22. The fraction of sp³-hybridized carbons (Fsp3) is 1.00. The van der Waals surface area contributed by atoms with Gasteiger partial charge in [-0.15, -0.1) is 0 Å². The molecule has 0 atom stereocenters. The lowest BCUT2D eigenvalue weighted by atomic mass is 10.0. The van der Waals surface area contributed by atoms with Gasteiger partial charge in [0.1, 0.15) is 0 Å². The molecule has 0 saturated carbocycles. The monoisotopic (exact) mass is 414 g/mol. The molecule has 0 heterocycles. The number of hydrogen-bond acceptors (Lipinski definition) is 1. The fourth-order valence-corrected chi connectivity index (χ4v) is 5.01. The van der Waals surface area contributed by atoms with E-state index in [4.69, 9.17) is 4.43 Å². The van der Waals surface area contributed by atoms with Crippen molar-refractivity contribution in [1.29, 1.82) is 0 Å². The zero-order valence-electron chi connectivity index (χ0n) is 20.4. The first kappa shape index (κ1) is 28.1. The van der Waals surface area contributed by atoms with Crippen LogP contribution in [0.25, 0.3) is 0 Å². The summed E-state index contributed by atoms with van der Waals surface area (Å²) in [7, 11) is 4.60. The summed E-state index contributed by atoms with van der Waals surface area (Å²) >= 11 is 0. The lowest BCUT2D eigenvalue weighted by Gasteiger charge is -2.30. The molecule has 3 heteroatoms. The summed E-state index contributed by atoms with van der Waals surface area (Å²) in [5.41, 5.74) is 0. The molecule has 0 radical (unpaired) electrons. The SMILES string of the molecule is CCCCCCCCCCCCCCCCCC[N+](C)(C)CCC[SiH2]OCC. The van der Waals surface area contributed by atoms with Crippen LogP contribution in [-0.2, 0) is 4.43 Å². The Hall–Kier alpha value is 0.137. The van der Waals surface area contributed by atoms with Gasteiger partial charge in [-0.3, -0.25) is 0 Å². The minimum absolute atomic E-state index is 0.216. The number of nitrogens with zero attached hydrogens (tertiary/aromatic N) is 1. The molecule has 170 valence electrons. The average Bonchev–Trinajstić information content (AvgIpc) is 2.67. The molecule has 0 aromatic rings. The quantitative estimate of drug-likeness (QED) is 0.0971. The Bertz CT molecular complexity index is 296. The molecule has 0 aliphatic heterocycles. The maximum Gasteiger partial charge on any atom is 0.161 e. The number of hydrogen-bond donors (Lipinski definition) is 0. The highest BCUT2D eigenvalue weighted by Crippen LogP contribution is 2.14. The molecule has 0 unspecified atom stereocenters. The summed E-state index contributed by atoms with van der Waals surface area (Å²) in [6.45, 7) is 8.02. The lowest BCUT2D eigenvalue weighted by molar-refractivity contribution is -0.890. The summed E-state index contributed by atoms with van der Waals surface area (Å²) in [6.07, 6.45) is 24.7. The van der Waals surface area contributed by atoms with E-state index in [2.05, 4.69) is 27.9 Å². The standard InChI is InChI=1S/C25H56NOSi/c1-5-7-8-9-10-11-12-13-14-15-16-17-18-19-20-21-23-26(3,4)24-22-25-28-27-6-2/h5-25,28H2,1-4H3/q+1. The zero-order chi connectivity index (χ0) is 20.8. The summed E-state index contributed by atoms with van der Waals surface area (Å²) in [5.74, 6) is 0. The number of unbranched alkanes of at least 4 members (excludes halogenated alkanes) is 15. The van der Waals surface area contributed by atoms with Crippen molar-refractivity contribution >= 4 is 9.76 Å². The van der Waals surface area contributed by atoms with E-state index in [1.807, 2.05) is 0 Å². The first-order valence-electron chi connectivity index (χ1n) is 13.0. The molecular weight excluding hydrogens is 358 g/mol. The minimum atomic E-state index is -0.216. The van der Waals surface area contributed by atoms with Crippen LogP contribution >= 0.6 is 0 Å². The van der Waals surface area contributed by atoms with Crippen LogP contribution in [0, 0.1) is 0 Å². The largest absolute Gasteiger partial charge is 0.424 e. The van der Waals surface area contributed by atoms with Gasteiger partial charge in [-0.25, -0.2) is 0 Å². The zero-order valence-corrected chi connectivity index (χ0v) is 21.8. The molecule has 0 aliphatic rings. The van der Waals surface area contributed by atoms with E-state index in [9.17, 15) is 0 Å². The van der Waals surface area contributed by atoms with Crippen molar-refractivity contribution in [1.82, 2.24) is 0 Å². The van der Waals surface area contributed by atoms with Gasteiger partial charge < -0.3 is 8.91 Å². The average molecular weight is 415 g/mol. The van der Waals surface area contributed by atoms with Crippen molar-refractivity contribution in [2.24, 2.45) is 0 Å². The molecule has 0 saturated heterocycles.